The van der Waals surface area contributed by atoms with E-state index in [2.05, 4.69) is 26.1 Å². The highest BCUT2D eigenvalue weighted by molar-refractivity contribution is 6.07. The summed E-state index contributed by atoms with van der Waals surface area (Å²) in [5, 5.41) is 3.51. The van der Waals surface area contributed by atoms with Gasteiger partial charge in [-0.2, -0.15) is 0 Å². The summed E-state index contributed by atoms with van der Waals surface area (Å²) < 4.78 is 0. The van der Waals surface area contributed by atoms with Crippen LogP contribution in [0.5, 0.6) is 0 Å². The number of nitrogens with zero attached hydrogens (tertiary/aromatic N) is 1. The van der Waals surface area contributed by atoms with Crippen molar-refractivity contribution >= 4 is 22.8 Å². The second-order valence-corrected chi connectivity index (χ2v) is 6.44. The van der Waals surface area contributed by atoms with Crippen LogP contribution in [0, 0.1) is 0 Å². The van der Waals surface area contributed by atoms with Crippen molar-refractivity contribution in [3.05, 3.63) is 90.4 Å². The van der Waals surface area contributed by atoms with Gasteiger partial charge in [-0.25, -0.2) is 10.2 Å². The average Bonchev–Trinajstić information content (AvgIpc) is 3.21. The number of aromatic amines is 1. The molecule has 7 heteroatoms. The first kappa shape index (κ1) is 18.2. The van der Waals surface area contributed by atoms with Crippen LogP contribution in [0.25, 0.3) is 22.0 Å². The molecule has 29 heavy (non-hydrogen) atoms. The van der Waals surface area contributed by atoms with E-state index in [1.165, 1.54) is 0 Å². The van der Waals surface area contributed by atoms with Crippen LogP contribution in [-0.4, -0.2) is 21.9 Å². The lowest BCUT2D eigenvalue weighted by Gasteiger charge is -2.09. The molecule has 2 aromatic heterocycles. The molecule has 7 nitrogen and oxygen atoms in total. The number of benzene rings is 2. The number of hydrazine groups is 1. The summed E-state index contributed by atoms with van der Waals surface area (Å²) >= 11 is 0. The zero-order valence-corrected chi connectivity index (χ0v) is 15.5. The molecule has 4 rings (SSSR count). The van der Waals surface area contributed by atoms with Gasteiger partial charge >= 0.3 is 6.03 Å². The molecule has 3 amide bonds. The SMILES string of the molecule is O=C(NCc1ccc(-c2ccncc2)cc1)NNC(=O)c1c[nH]c2ccccc12. The Balaban J connectivity index is 1.28. The molecule has 0 aliphatic heterocycles. The molecule has 0 bridgehead atoms. The quantitative estimate of drug-likeness (QED) is 0.405. The van der Waals surface area contributed by atoms with Crippen LogP contribution in [0.3, 0.4) is 0 Å². The number of hydrogen-bond acceptors (Lipinski definition) is 3. The van der Waals surface area contributed by atoms with Crippen LogP contribution < -0.4 is 16.2 Å². The zero-order valence-electron chi connectivity index (χ0n) is 15.5. The summed E-state index contributed by atoms with van der Waals surface area (Å²) in [6.07, 6.45) is 5.11. The Morgan fingerprint density at radius 3 is 2.38 bits per heavy atom. The Bertz CT molecular complexity index is 1140. The van der Waals surface area contributed by atoms with Crippen molar-refractivity contribution in [3.63, 3.8) is 0 Å². The second kappa shape index (κ2) is 8.26. The van der Waals surface area contributed by atoms with Crippen LogP contribution in [0.1, 0.15) is 15.9 Å². The first-order valence-corrected chi connectivity index (χ1v) is 9.10. The summed E-state index contributed by atoms with van der Waals surface area (Å²) in [5.41, 5.74) is 9.22. The fraction of sp³-hybridized carbons (Fsp3) is 0.0455. The third-order valence-corrected chi connectivity index (χ3v) is 4.54. The van der Waals surface area contributed by atoms with Crippen LogP contribution in [0.4, 0.5) is 4.79 Å². The Kier molecular flexibility index (Phi) is 5.20. The van der Waals surface area contributed by atoms with Gasteiger partial charge in [0.2, 0.25) is 0 Å². The number of nitrogens with one attached hydrogen (secondary N) is 4. The third kappa shape index (κ3) is 4.24. The van der Waals surface area contributed by atoms with Gasteiger partial charge in [0.05, 0.1) is 5.56 Å². The summed E-state index contributed by atoms with van der Waals surface area (Å²) in [5.74, 6) is -0.390. The lowest BCUT2D eigenvalue weighted by molar-refractivity contribution is 0.0938. The minimum absolute atomic E-state index is 0.339. The van der Waals surface area contributed by atoms with E-state index in [0.29, 0.717) is 12.1 Å². The second-order valence-electron chi connectivity index (χ2n) is 6.44. The van der Waals surface area contributed by atoms with E-state index in [0.717, 1.165) is 27.6 Å². The van der Waals surface area contributed by atoms with Crippen molar-refractivity contribution in [2.45, 2.75) is 6.54 Å². The number of aromatic nitrogens is 2. The molecule has 144 valence electrons. The number of urea groups is 1. The summed E-state index contributed by atoms with van der Waals surface area (Å²) in [6.45, 7) is 0.339. The van der Waals surface area contributed by atoms with Crippen molar-refractivity contribution in [1.29, 1.82) is 0 Å². The Morgan fingerprint density at radius 1 is 0.862 bits per heavy atom. The summed E-state index contributed by atoms with van der Waals surface area (Å²) in [4.78, 5) is 31.3. The normalized spacial score (nSPS) is 10.5. The molecule has 0 saturated heterocycles. The van der Waals surface area contributed by atoms with E-state index >= 15 is 0 Å². The maximum Gasteiger partial charge on any atom is 0.333 e. The number of amides is 3. The molecule has 0 saturated carbocycles. The Labute approximate surface area is 167 Å². The topological polar surface area (TPSA) is 98.9 Å². The van der Waals surface area contributed by atoms with E-state index in [-0.39, 0.29) is 5.91 Å². The lowest BCUT2D eigenvalue weighted by Crippen LogP contribution is -2.46. The number of para-hydroxylation sites is 1. The molecule has 0 aliphatic carbocycles. The highest BCUT2D eigenvalue weighted by Gasteiger charge is 2.12. The smallest absolute Gasteiger partial charge is 0.333 e. The molecule has 0 radical (unpaired) electrons. The predicted octanol–water partition coefficient (Wildman–Crippen LogP) is 3.37. The van der Waals surface area contributed by atoms with Gasteiger partial charge in [0.15, 0.2) is 0 Å². The molecule has 0 spiro atoms. The average molecular weight is 385 g/mol. The Hall–Kier alpha value is -4.13. The highest BCUT2D eigenvalue weighted by Crippen LogP contribution is 2.19. The van der Waals surface area contributed by atoms with Crippen LogP contribution in [-0.2, 0) is 6.54 Å². The number of carbonyl (C=O) groups excluding carboxylic acids is 2. The molecule has 0 atom stereocenters. The summed E-state index contributed by atoms with van der Waals surface area (Å²) in [7, 11) is 0. The van der Waals surface area contributed by atoms with Gasteiger partial charge in [-0.3, -0.25) is 15.2 Å². The molecule has 0 unspecified atom stereocenters. The van der Waals surface area contributed by atoms with Gasteiger partial charge in [0.25, 0.3) is 5.91 Å². The van der Waals surface area contributed by atoms with Gasteiger partial charge < -0.3 is 10.3 Å². The first-order chi connectivity index (χ1) is 14.2. The lowest BCUT2D eigenvalue weighted by atomic mass is 10.1. The van der Waals surface area contributed by atoms with Gasteiger partial charge in [-0.15, -0.1) is 0 Å². The minimum atomic E-state index is -0.489. The number of pyridine rings is 1. The molecular formula is C22H19N5O2. The first-order valence-electron chi connectivity index (χ1n) is 9.10. The summed E-state index contributed by atoms with van der Waals surface area (Å²) in [6, 6.07) is 18.7. The number of H-pyrrole nitrogens is 1. The standard InChI is InChI=1S/C22H19N5O2/c28-21(19-14-24-20-4-2-1-3-18(19)20)26-27-22(29)25-13-15-5-7-16(8-6-15)17-9-11-23-12-10-17/h1-12,14,24H,13H2,(H,26,28)(H2,25,27,29). The van der Waals surface area contributed by atoms with Crippen LogP contribution in [0.2, 0.25) is 0 Å². The number of hydrogen-bond donors (Lipinski definition) is 4. The van der Waals surface area contributed by atoms with Gasteiger partial charge in [0, 0.05) is 36.0 Å². The van der Waals surface area contributed by atoms with Crippen LogP contribution >= 0.6 is 0 Å². The van der Waals surface area contributed by atoms with Crippen molar-refractivity contribution in [3.8, 4) is 11.1 Å². The van der Waals surface area contributed by atoms with Gasteiger partial charge in [-0.05, 0) is 34.9 Å². The predicted molar refractivity (Wildman–Crippen MR) is 111 cm³/mol. The molecule has 2 aromatic carbocycles. The monoisotopic (exact) mass is 385 g/mol. The molecule has 4 N–H and O–H groups in total. The largest absolute Gasteiger partial charge is 0.360 e. The maximum absolute atomic E-state index is 12.3. The van der Waals surface area contributed by atoms with Crippen LogP contribution in [0.15, 0.2) is 79.3 Å². The molecule has 0 aliphatic rings. The van der Waals surface area contributed by atoms with Crippen molar-refractivity contribution in [2.24, 2.45) is 0 Å². The zero-order chi connectivity index (χ0) is 20.1. The Morgan fingerprint density at radius 2 is 1.59 bits per heavy atom. The van der Waals surface area contributed by atoms with E-state index in [1.54, 1.807) is 18.6 Å². The number of carbonyl (C=O) groups is 2. The number of rotatable bonds is 4. The van der Waals surface area contributed by atoms with Gasteiger partial charge in [-0.1, -0.05) is 42.5 Å². The maximum atomic E-state index is 12.3. The number of fused-ring (bicyclic) bond motifs is 1. The fourth-order valence-corrected chi connectivity index (χ4v) is 3.03. The van der Waals surface area contributed by atoms with E-state index in [4.69, 9.17) is 0 Å². The van der Waals surface area contributed by atoms with Gasteiger partial charge in [0.1, 0.15) is 0 Å². The molecule has 4 aromatic rings. The molecule has 2 heterocycles. The van der Waals surface area contributed by atoms with E-state index in [9.17, 15) is 9.59 Å². The fourth-order valence-electron chi connectivity index (χ4n) is 3.03. The molecular weight excluding hydrogens is 366 g/mol. The van der Waals surface area contributed by atoms with E-state index in [1.807, 2.05) is 60.7 Å². The van der Waals surface area contributed by atoms with Crippen molar-refractivity contribution in [2.75, 3.05) is 0 Å². The third-order valence-electron chi connectivity index (χ3n) is 4.54. The van der Waals surface area contributed by atoms with E-state index < -0.39 is 6.03 Å². The minimum Gasteiger partial charge on any atom is -0.360 e. The molecule has 0 fully saturated rings. The van der Waals surface area contributed by atoms with Crippen molar-refractivity contribution < 1.29 is 9.59 Å². The van der Waals surface area contributed by atoms with Crippen molar-refractivity contribution in [1.82, 2.24) is 26.1 Å². The highest BCUT2D eigenvalue weighted by atomic mass is 16.2.